The molecule has 10 heteroatoms. The van der Waals surface area contributed by atoms with E-state index in [0.29, 0.717) is 4.52 Å². The molecule has 2 N–H and O–H groups in total. The number of hydrogen-bond acceptors (Lipinski definition) is 5. The number of carboxylic acids is 1. The van der Waals surface area contributed by atoms with Gasteiger partial charge in [-0.05, 0) is 12.1 Å². The fourth-order valence-corrected chi connectivity index (χ4v) is 2.59. The Morgan fingerprint density at radius 2 is 2.04 bits per heavy atom. The first-order valence-electron chi connectivity index (χ1n) is 7.10. The molecule has 0 radical (unpaired) electrons. The predicted molar refractivity (Wildman–Crippen MR) is 79.1 cm³/mol. The molecule has 8 nitrogen and oxygen atoms in total. The minimum Gasteiger partial charge on any atom is -0.486 e. The number of aromatic nitrogens is 3. The number of nitrogens with one attached hydrogen (secondary N) is 1. The van der Waals surface area contributed by atoms with Crippen molar-refractivity contribution in [3.8, 4) is 22.8 Å². The predicted octanol–water partition coefficient (Wildman–Crippen LogP) is 1.44. The fourth-order valence-electron chi connectivity index (χ4n) is 2.59. The van der Waals surface area contributed by atoms with Gasteiger partial charge in [-0.25, -0.2) is 9.18 Å². The SMILES string of the molecule is O=C(O)c1cc2c(=O)[nH]c(-c3ccc4c(c3F)OCCO4)c(F)n2n1. The van der Waals surface area contributed by atoms with Crippen LogP contribution in [-0.4, -0.2) is 38.9 Å². The van der Waals surface area contributed by atoms with Gasteiger partial charge < -0.3 is 19.6 Å². The molecule has 1 aromatic carbocycles. The average Bonchev–Trinajstić information content (AvgIpc) is 3.06. The standard InChI is InChI=1S/C15H9F2N3O5/c16-10-6(1-2-9-12(10)25-4-3-24-9)11-13(17)20-8(14(21)18-11)5-7(19-20)15(22)23/h1-2,5H,3-4H2,(H,18,21)(H,22,23). The van der Waals surface area contributed by atoms with E-state index in [-0.39, 0.29) is 35.8 Å². The monoisotopic (exact) mass is 349 g/mol. The highest BCUT2D eigenvalue weighted by molar-refractivity contribution is 5.87. The maximum atomic E-state index is 14.7. The first-order valence-corrected chi connectivity index (χ1v) is 7.10. The highest BCUT2D eigenvalue weighted by atomic mass is 19.1. The van der Waals surface area contributed by atoms with Crippen LogP contribution in [0.4, 0.5) is 8.78 Å². The molecule has 4 rings (SSSR count). The maximum Gasteiger partial charge on any atom is 0.356 e. The molecule has 1 aliphatic heterocycles. The van der Waals surface area contributed by atoms with Crippen LogP contribution in [0.25, 0.3) is 16.8 Å². The van der Waals surface area contributed by atoms with E-state index in [2.05, 4.69) is 10.1 Å². The number of nitrogens with zero attached hydrogens (tertiary/aromatic N) is 2. The van der Waals surface area contributed by atoms with E-state index in [9.17, 15) is 18.4 Å². The van der Waals surface area contributed by atoms with Gasteiger partial charge in [0.1, 0.15) is 24.4 Å². The summed E-state index contributed by atoms with van der Waals surface area (Å²) in [7, 11) is 0. The minimum absolute atomic E-state index is 0.131. The molecule has 0 saturated heterocycles. The van der Waals surface area contributed by atoms with Gasteiger partial charge in [0, 0.05) is 11.6 Å². The van der Waals surface area contributed by atoms with Gasteiger partial charge in [-0.3, -0.25) is 4.79 Å². The summed E-state index contributed by atoms with van der Waals surface area (Å²) in [6.45, 7) is 0.390. The first-order chi connectivity index (χ1) is 12.0. The molecule has 0 fully saturated rings. The van der Waals surface area contributed by atoms with Crippen molar-refractivity contribution in [2.75, 3.05) is 13.2 Å². The zero-order valence-electron chi connectivity index (χ0n) is 12.4. The van der Waals surface area contributed by atoms with Crippen LogP contribution in [0.3, 0.4) is 0 Å². The molecule has 1 aliphatic rings. The molecule has 2 aromatic heterocycles. The minimum atomic E-state index is -1.42. The Kier molecular flexibility index (Phi) is 3.20. The van der Waals surface area contributed by atoms with Crippen molar-refractivity contribution in [1.29, 1.82) is 0 Å². The highest BCUT2D eigenvalue weighted by Crippen LogP contribution is 2.38. The Labute approximate surface area is 137 Å². The van der Waals surface area contributed by atoms with Crippen molar-refractivity contribution in [3.05, 3.63) is 46.0 Å². The van der Waals surface area contributed by atoms with Crippen LogP contribution in [0.2, 0.25) is 0 Å². The number of hydrogen-bond donors (Lipinski definition) is 2. The summed E-state index contributed by atoms with van der Waals surface area (Å²) in [4.78, 5) is 25.3. The smallest absolute Gasteiger partial charge is 0.356 e. The van der Waals surface area contributed by atoms with Crippen LogP contribution in [0.1, 0.15) is 10.5 Å². The number of H-pyrrole nitrogens is 1. The molecular weight excluding hydrogens is 340 g/mol. The number of ether oxygens (including phenoxy) is 2. The van der Waals surface area contributed by atoms with Crippen LogP contribution in [0.15, 0.2) is 23.0 Å². The Balaban J connectivity index is 1.97. The number of aromatic carboxylic acids is 1. The van der Waals surface area contributed by atoms with Crippen LogP contribution in [0.5, 0.6) is 11.5 Å². The topological polar surface area (TPSA) is 106 Å². The summed E-state index contributed by atoms with van der Waals surface area (Å²) in [6, 6.07) is 3.54. The third-order valence-corrected chi connectivity index (χ3v) is 3.71. The van der Waals surface area contributed by atoms with Gasteiger partial charge >= 0.3 is 5.97 Å². The van der Waals surface area contributed by atoms with E-state index in [4.69, 9.17) is 14.6 Å². The lowest BCUT2D eigenvalue weighted by Crippen LogP contribution is -2.18. The second-order valence-corrected chi connectivity index (χ2v) is 5.20. The van der Waals surface area contributed by atoms with E-state index < -0.39 is 34.7 Å². The average molecular weight is 349 g/mol. The number of halogens is 2. The van der Waals surface area contributed by atoms with Crippen molar-refractivity contribution >= 4 is 11.5 Å². The molecule has 3 heterocycles. The van der Waals surface area contributed by atoms with Gasteiger partial charge in [-0.1, -0.05) is 0 Å². The third kappa shape index (κ3) is 2.22. The Bertz CT molecular complexity index is 1090. The zero-order valence-corrected chi connectivity index (χ0v) is 12.4. The van der Waals surface area contributed by atoms with Crippen molar-refractivity contribution in [2.45, 2.75) is 0 Å². The van der Waals surface area contributed by atoms with Crippen LogP contribution < -0.4 is 15.0 Å². The van der Waals surface area contributed by atoms with E-state index in [1.807, 2.05) is 0 Å². The van der Waals surface area contributed by atoms with Gasteiger partial charge in [0.25, 0.3) is 5.56 Å². The fraction of sp³-hybridized carbons (Fsp3) is 0.133. The lowest BCUT2D eigenvalue weighted by atomic mass is 10.1. The molecule has 0 amide bonds. The van der Waals surface area contributed by atoms with E-state index >= 15 is 0 Å². The second kappa shape index (κ2) is 5.30. The lowest BCUT2D eigenvalue weighted by Gasteiger charge is -2.20. The molecule has 25 heavy (non-hydrogen) atoms. The van der Waals surface area contributed by atoms with Crippen LogP contribution in [-0.2, 0) is 0 Å². The molecule has 3 aromatic rings. The number of aromatic amines is 1. The lowest BCUT2D eigenvalue weighted by molar-refractivity contribution is 0.0690. The first kappa shape index (κ1) is 15.1. The molecule has 0 unspecified atom stereocenters. The number of rotatable bonds is 2. The van der Waals surface area contributed by atoms with Gasteiger partial charge in [-0.2, -0.15) is 14.0 Å². The van der Waals surface area contributed by atoms with Gasteiger partial charge in [0.15, 0.2) is 23.0 Å². The Hall–Kier alpha value is -3.43. The molecule has 0 atom stereocenters. The van der Waals surface area contributed by atoms with E-state index in [1.165, 1.54) is 12.1 Å². The molecule has 0 bridgehead atoms. The van der Waals surface area contributed by atoms with Crippen molar-refractivity contribution in [1.82, 2.24) is 14.6 Å². The van der Waals surface area contributed by atoms with Crippen LogP contribution in [0, 0.1) is 11.8 Å². The summed E-state index contributed by atoms with van der Waals surface area (Å²) >= 11 is 0. The van der Waals surface area contributed by atoms with Crippen molar-refractivity contribution in [2.24, 2.45) is 0 Å². The second-order valence-electron chi connectivity index (χ2n) is 5.20. The number of carboxylic acid groups (broad SMARTS) is 1. The molecule has 0 spiro atoms. The van der Waals surface area contributed by atoms with E-state index in [0.717, 1.165) is 6.07 Å². The number of fused-ring (bicyclic) bond motifs is 2. The Morgan fingerprint density at radius 1 is 1.28 bits per heavy atom. The quantitative estimate of drug-likeness (QED) is 0.725. The van der Waals surface area contributed by atoms with E-state index in [1.54, 1.807) is 0 Å². The van der Waals surface area contributed by atoms with Gasteiger partial charge in [0.2, 0.25) is 5.95 Å². The Morgan fingerprint density at radius 3 is 2.80 bits per heavy atom. The van der Waals surface area contributed by atoms with Gasteiger partial charge in [-0.15, -0.1) is 0 Å². The normalized spacial score (nSPS) is 13.2. The summed E-state index contributed by atoms with van der Waals surface area (Å²) in [5.74, 6) is -3.46. The third-order valence-electron chi connectivity index (χ3n) is 3.71. The zero-order chi connectivity index (χ0) is 17.7. The molecule has 0 aliphatic carbocycles. The number of benzene rings is 1. The van der Waals surface area contributed by atoms with Gasteiger partial charge in [0.05, 0.1) is 0 Å². The summed E-state index contributed by atoms with van der Waals surface area (Å²) in [5, 5.41) is 12.4. The van der Waals surface area contributed by atoms with Crippen molar-refractivity contribution in [3.63, 3.8) is 0 Å². The largest absolute Gasteiger partial charge is 0.486 e. The summed E-state index contributed by atoms with van der Waals surface area (Å²) in [5.41, 5.74) is -2.38. The molecule has 0 saturated carbocycles. The van der Waals surface area contributed by atoms with Crippen LogP contribution >= 0.6 is 0 Å². The molecular formula is C15H9F2N3O5. The maximum absolute atomic E-state index is 14.7. The highest BCUT2D eigenvalue weighted by Gasteiger charge is 2.25. The summed E-state index contributed by atoms with van der Waals surface area (Å²) < 4.78 is 40.3. The summed E-state index contributed by atoms with van der Waals surface area (Å²) in [6.07, 6.45) is 0. The van der Waals surface area contributed by atoms with Crippen molar-refractivity contribution < 1.29 is 28.2 Å². The number of carbonyl (C=O) groups is 1. The molecule has 128 valence electrons.